The highest BCUT2D eigenvalue weighted by atomic mass is 33.1. The molecule has 0 bridgehead atoms. The van der Waals surface area contributed by atoms with E-state index in [4.69, 9.17) is 0 Å². The summed E-state index contributed by atoms with van der Waals surface area (Å²) in [5, 5.41) is 1.09. The molecule has 0 spiro atoms. The Labute approximate surface area is 92.7 Å². The maximum Gasteiger partial charge on any atom is 0.106 e. The van der Waals surface area contributed by atoms with Gasteiger partial charge in [-0.3, -0.25) is 0 Å². The Hall–Kier alpha value is -0.280. The van der Waals surface area contributed by atoms with E-state index in [9.17, 15) is 0 Å². The molecule has 0 aliphatic heterocycles. The summed E-state index contributed by atoms with van der Waals surface area (Å²) in [6.45, 7) is 2.21. The Bertz CT molecular complexity index is 293. The van der Waals surface area contributed by atoms with Gasteiger partial charge >= 0.3 is 0 Å². The quantitative estimate of drug-likeness (QED) is 0.561. The Morgan fingerprint density at radius 2 is 2.29 bits per heavy atom. The molecule has 0 N–H and O–H groups in total. The Balaban J connectivity index is 2.54. The smallest absolute Gasteiger partial charge is 0.106 e. The zero-order valence-electron chi connectivity index (χ0n) is 8.82. The Morgan fingerprint density at radius 1 is 1.50 bits per heavy atom. The van der Waals surface area contributed by atoms with E-state index in [1.165, 1.54) is 18.4 Å². The fourth-order valence-electron chi connectivity index (χ4n) is 1.13. The summed E-state index contributed by atoms with van der Waals surface area (Å²) in [6, 6.07) is 4.28. The Morgan fingerprint density at radius 3 is 2.79 bits per heavy atom. The third-order valence-corrected chi connectivity index (χ3v) is 3.91. The summed E-state index contributed by atoms with van der Waals surface area (Å²) in [5.74, 6) is 3.96. The standard InChI is InChI=1S/C11H17NS2/c1-4-5-6-10-7-8-11(12-9-10)13-14(2)3/h7-9H,2,4-6H2,1,3H3. The first-order valence-corrected chi connectivity index (χ1v) is 7.94. The minimum Gasteiger partial charge on any atom is -0.249 e. The van der Waals surface area contributed by atoms with Crippen molar-refractivity contribution in [2.45, 2.75) is 31.2 Å². The first kappa shape index (κ1) is 11.8. The molecule has 0 radical (unpaired) electrons. The molecule has 1 nitrogen and oxygen atoms in total. The predicted molar refractivity (Wildman–Crippen MR) is 69.3 cm³/mol. The Kier molecular flexibility index (Phi) is 5.26. The fraction of sp³-hybridized carbons (Fsp3) is 0.455. The first-order chi connectivity index (χ1) is 6.72. The van der Waals surface area contributed by atoms with Crippen LogP contribution in [0.15, 0.2) is 23.4 Å². The molecule has 3 heteroatoms. The summed E-state index contributed by atoms with van der Waals surface area (Å²) in [7, 11) is 1.86. The van der Waals surface area contributed by atoms with Gasteiger partial charge in [0, 0.05) is 6.20 Å². The van der Waals surface area contributed by atoms with Crippen LogP contribution in [-0.4, -0.2) is 17.1 Å². The van der Waals surface area contributed by atoms with E-state index in [-0.39, 0.29) is 9.52 Å². The number of rotatable bonds is 5. The molecule has 1 aromatic heterocycles. The summed E-state index contributed by atoms with van der Waals surface area (Å²) in [5.41, 5.74) is 1.34. The molecule has 0 aromatic carbocycles. The van der Waals surface area contributed by atoms with Crippen molar-refractivity contribution in [1.29, 1.82) is 0 Å². The van der Waals surface area contributed by atoms with Crippen molar-refractivity contribution >= 4 is 26.2 Å². The van der Waals surface area contributed by atoms with Gasteiger partial charge in [0.15, 0.2) is 0 Å². The fourth-order valence-corrected chi connectivity index (χ4v) is 2.82. The van der Waals surface area contributed by atoms with Crippen molar-refractivity contribution in [3.8, 4) is 0 Å². The van der Waals surface area contributed by atoms with Crippen LogP contribution in [0, 0.1) is 0 Å². The van der Waals surface area contributed by atoms with Gasteiger partial charge in [-0.05, 0) is 41.5 Å². The summed E-state index contributed by atoms with van der Waals surface area (Å²) in [4.78, 5) is 4.40. The van der Waals surface area contributed by atoms with E-state index in [0.717, 1.165) is 11.4 Å². The van der Waals surface area contributed by atoms with E-state index in [1.54, 1.807) is 10.8 Å². The highest BCUT2D eigenvalue weighted by Gasteiger charge is 1.96. The lowest BCUT2D eigenvalue weighted by Gasteiger charge is -2.02. The normalized spacial score (nSPS) is 12.7. The lowest BCUT2D eigenvalue weighted by molar-refractivity contribution is 0.790. The van der Waals surface area contributed by atoms with Gasteiger partial charge in [0.2, 0.25) is 0 Å². The first-order valence-electron chi connectivity index (χ1n) is 4.81. The molecule has 0 saturated heterocycles. The van der Waals surface area contributed by atoms with Crippen LogP contribution >= 0.6 is 20.3 Å². The largest absolute Gasteiger partial charge is 0.249 e. The van der Waals surface area contributed by atoms with Crippen LogP contribution in [0.25, 0.3) is 0 Å². The summed E-state index contributed by atoms with van der Waals surface area (Å²) in [6.07, 6.45) is 7.74. The van der Waals surface area contributed by atoms with Crippen molar-refractivity contribution in [2.75, 3.05) is 6.26 Å². The lowest BCUT2D eigenvalue weighted by atomic mass is 10.1. The number of unbranched alkanes of at least 4 members (excludes halogenated alkanes) is 1. The van der Waals surface area contributed by atoms with Gasteiger partial charge in [0.05, 0.1) is 0 Å². The molecule has 1 heterocycles. The maximum absolute atomic E-state index is 4.40. The minimum absolute atomic E-state index is 0.126. The molecule has 1 aromatic rings. The van der Waals surface area contributed by atoms with Crippen LogP contribution in [0.5, 0.6) is 0 Å². The molecule has 0 fully saturated rings. The number of aromatic nitrogens is 1. The molecule has 78 valence electrons. The van der Waals surface area contributed by atoms with Gasteiger partial charge in [-0.15, -0.1) is 9.52 Å². The van der Waals surface area contributed by atoms with Gasteiger partial charge in [-0.25, -0.2) is 4.98 Å². The predicted octanol–water partition coefficient (Wildman–Crippen LogP) is 3.76. The minimum atomic E-state index is 0.126. The topological polar surface area (TPSA) is 12.9 Å². The number of aryl methyl sites for hydroxylation is 1. The zero-order valence-corrected chi connectivity index (χ0v) is 10.5. The summed E-state index contributed by atoms with van der Waals surface area (Å²) < 4.78 is 0. The van der Waals surface area contributed by atoms with Crippen LogP contribution < -0.4 is 0 Å². The number of pyridine rings is 1. The van der Waals surface area contributed by atoms with Crippen LogP contribution in [0.4, 0.5) is 0 Å². The average Bonchev–Trinajstić information content (AvgIpc) is 2.16. The molecule has 1 atom stereocenters. The van der Waals surface area contributed by atoms with Crippen LogP contribution in [0.2, 0.25) is 0 Å². The monoisotopic (exact) mass is 227 g/mol. The third-order valence-electron chi connectivity index (χ3n) is 1.84. The molecule has 0 amide bonds. The molecular weight excluding hydrogens is 210 g/mol. The SMILES string of the molecule is C=S(C)Sc1ccc(CCCC)cn1. The van der Waals surface area contributed by atoms with Gasteiger partial charge in [0.25, 0.3) is 0 Å². The number of hydrogen-bond acceptors (Lipinski definition) is 2. The van der Waals surface area contributed by atoms with Crippen LogP contribution in [0.3, 0.4) is 0 Å². The maximum atomic E-state index is 4.40. The third kappa shape index (κ3) is 4.29. The highest BCUT2D eigenvalue weighted by Crippen LogP contribution is 2.31. The molecular formula is C11H17NS2. The van der Waals surface area contributed by atoms with E-state index in [1.807, 2.05) is 6.20 Å². The average molecular weight is 227 g/mol. The van der Waals surface area contributed by atoms with Crippen molar-refractivity contribution in [3.63, 3.8) is 0 Å². The van der Waals surface area contributed by atoms with Gasteiger partial charge in [-0.1, -0.05) is 25.3 Å². The molecule has 0 aliphatic rings. The lowest BCUT2D eigenvalue weighted by Crippen LogP contribution is -1.86. The second-order valence-electron chi connectivity index (χ2n) is 3.26. The van der Waals surface area contributed by atoms with E-state index in [2.05, 4.69) is 36.2 Å². The van der Waals surface area contributed by atoms with Crippen molar-refractivity contribution in [2.24, 2.45) is 0 Å². The second kappa shape index (κ2) is 6.25. The number of hydrogen-bond donors (Lipinski definition) is 0. The zero-order chi connectivity index (χ0) is 10.4. The van der Waals surface area contributed by atoms with E-state index in [0.29, 0.717) is 0 Å². The van der Waals surface area contributed by atoms with Gasteiger partial charge < -0.3 is 0 Å². The summed E-state index contributed by atoms with van der Waals surface area (Å²) >= 11 is 0. The van der Waals surface area contributed by atoms with Crippen molar-refractivity contribution in [3.05, 3.63) is 23.9 Å². The van der Waals surface area contributed by atoms with Crippen LogP contribution in [0.1, 0.15) is 25.3 Å². The second-order valence-corrected chi connectivity index (χ2v) is 7.20. The van der Waals surface area contributed by atoms with Crippen molar-refractivity contribution in [1.82, 2.24) is 4.98 Å². The molecule has 14 heavy (non-hydrogen) atoms. The van der Waals surface area contributed by atoms with Crippen molar-refractivity contribution < 1.29 is 0 Å². The van der Waals surface area contributed by atoms with Gasteiger partial charge in [-0.2, -0.15) is 0 Å². The van der Waals surface area contributed by atoms with E-state index < -0.39 is 0 Å². The molecule has 1 rings (SSSR count). The van der Waals surface area contributed by atoms with E-state index >= 15 is 0 Å². The van der Waals surface area contributed by atoms with Crippen LogP contribution in [-0.2, 0) is 6.42 Å². The number of nitrogens with zero attached hydrogens (tertiary/aromatic N) is 1. The van der Waals surface area contributed by atoms with Gasteiger partial charge in [0.1, 0.15) is 5.03 Å². The molecule has 0 aliphatic carbocycles. The highest BCUT2D eigenvalue weighted by molar-refractivity contribution is 8.83. The molecule has 1 unspecified atom stereocenters. The molecule has 0 saturated carbocycles.